The van der Waals surface area contributed by atoms with Crippen LogP contribution in [0.2, 0.25) is 0 Å². The molecule has 1 aliphatic rings. The highest BCUT2D eigenvalue weighted by molar-refractivity contribution is 5.94. The maximum atomic E-state index is 12.6. The third kappa shape index (κ3) is 7.93. The molecule has 0 spiro atoms. The average molecular weight is 431 g/mol. The summed E-state index contributed by atoms with van der Waals surface area (Å²) in [7, 11) is 0. The number of aliphatic hydroxyl groups excluding tert-OH is 2. The highest BCUT2D eigenvalue weighted by Crippen LogP contribution is 2.07. The van der Waals surface area contributed by atoms with Crippen molar-refractivity contribution in [1.82, 2.24) is 21.3 Å². The van der Waals surface area contributed by atoms with E-state index in [1.54, 1.807) is 0 Å². The Labute approximate surface area is 172 Å². The summed E-state index contributed by atoms with van der Waals surface area (Å²) < 4.78 is 0. The number of nitrogens with one attached hydrogen (secondary N) is 4. The third-order valence-corrected chi connectivity index (χ3v) is 4.55. The van der Waals surface area contributed by atoms with Gasteiger partial charge in [-0.15, -0.1) is 0 Å². The van der Waals surface area contributed by atoms with E-state index < -0.39 is 66.5 Å². The van der Waals surface area contributed by atoms with Gasteiger partial charge in [0.25, 0.3) is 0 Å². The fourth-order valence-corrected chi connectivity index (χ4v) is 2.85. The van der Waals surface area contributed by atoms with Gasteiger partial charge in [0, 0.05) is 6.42 Å². The second kappa shape index (κ2) is 12.0. The van der Waals surface area contributed by atoms with Crippen LogP contribution < -0.4 is 27.0 Å². The fraction of sp³-hybridized carbons (Fsp3) is 0.706. The van der Waals surface area contributed by atoms with Gasteiger partial charge in [0.05, 0.1) is 18.8 Å². The number of primary amides is 1. The van der Waals surface area contributed by atoms with E-state index in [4.69, 9.17) is 10.8 Å². The van der Waals surface area contributed by atoms with E-state index in [0.29, 0.717) is 13.0 Å². The molecule has 5 unspecified atom stereocenters. The summed E-state index contributed by atoms with van der Waals surface area (Å²) in [5.74, 6) is -4.56. The Kier molecular flexibility index (Phi) is 10.1. The molecule has 0 aromatic rings. The number of nitrogens with two attached hydrogens (primary N) is 1. The zero-order valence-corrected chi connectivity index (χ0v) is 16.6. The molecule has 0 aromatic heterocycles. The molecule has 13 heteroatoms. The van der Waals surface area contributed by atoms with E-state index in [1.807, 2.05) is 5.32 Å². The molecule has 1 fully saturated rings. The number of carbonyl (C=O) groups is 5. The van der Waals surface area contributed by atoms with E-state index in [9.17, 15) is 34.2 Å². The predicted octanol–water partition coefficient (Wildman–Crippen LogP) is -4.08. The standard InChI is InChI=1S/C17H29N5O8/c1-8(24)13(17(29)30)22-16(28)11(7-23)21-15(27)10(4-5-12(18)25)20-14(26)9-3-2-6-19-9/h8-11,13,19,23-24H,2-7H2,1H3,(H2,18,25)(H,20,26)(H,21,27)(H,22,28)(H,29,30). The van der Waals surface area contributed by atoms with Crippen LogP contribution in [0.5, 0.6) is 0 Å². The van der Waals surface area contributed by atoms with Crippen LogP contribution in [0.3, 0.4) is 0 Å². The molecule has 1 saturated heterocycles. The first kappa shape index (κ1) is 25.3. The average Bonchev–Trinajstić information content (AvgIpc) is 3.21. The van der Waals surface area contributed by atoms with Gasteiger partial charge in [-0.25, -0.2) is 4.79 Å². The lowest BCUT2D eigenvalue weighted by atomic mass is 10.1. The van der Waals surface area contributed by atoms with Crippen LogP contribution in [0.1, 0.15) is 32.6 Å². The first-order chi connectivity index (χ1) is 14.1. The Bertz CT molecular complexity index is 650. The zero-order chi connectivity index (χ0) is 22.8. The Morgan fingerprint density at radius 2 is 1.73 bits per heavy atom. The lowest BCUT2D eigenvalue weighted by Crippen LogP contribution is -2.59. The number of rotatable bonds is 12. The molecular weight excluding hydrogens is 402 g/mol. The highest BCUT2D eigenvalue weighted by atomic mass is 16.4. The molecule has 5 atom stereocenters. The summed E-state index contributed by atoms with van der Waals surface area (Å²) in [5, 5.41) is 37.6. The Morgan fingerprint density at radius 3 is 2.20 bits per heavy atom. The van der Waals surface area contributed by atoms with Crippen molar-refractivity contribution in [2.45, 2.75) is 62.9 Å². The van der Waals surface area contributed by atoms with Crippen LogP contribution in [0.15, 0.2) is 0 Å². The molecule has 170 valence electrons. The summed E-state index contributed by atoms with van der Waals surface area (Å²) in [6.07, 6.45) is -0.409. The van der Waals surface area contributed by atoms with Crippen molar-refractivity contribution in [3.63, 3.8) is 0 Å². The van der Waals surface area contributed by atoms with Crippen molar-refractivity contribution in [3.8, 4) is 0 Å². The van der Waals surface area contributed by atoms with Gasteiger partial charge in [-0.1, -0.05) is 0 Å². The first-order valence-corrected chi connectivity index (χ1v) is 9.51. The summed E-state index contributed by atoms with van der Waals surface area (Å²) >= 11 is 0. The van der Waals surface area contributed by atoms with Crippen LogP contribution in [0, 0.1) is 0 Å². The van der Waals surface area contributed by atoms with Gasteiger partial charge in [-0.05, 0) is 32.7 Å². The molecule has 0 radical (unpaired) electrons. The fourth-order valence-electron chi connectivity index (χ4n) is 2.85. The molecule has 4 amide bonds. The molecule has 0 saturated carbocycles. The van der Waals surface area contributed by atoms with Crippen LogP contribution in [0.25, 0.3) is 0 Å². The van der Waals surface area contributed by atoms with Crippen molar-refractivity contribution in [2.75, 3.05) is 13.2 Å². The van der Waals surface area contributed by atoms with Crippen molar-refractivity contribution in [2.24, 2.45) is 5.73 Å². The minimum Gasteiger partial charge on any atom is -0.480 e. The number of aliphatic hydroxyl groups is 2. The summed E-state index contributed by atoms with van der Waals surface area (Å²) in [6.45, 7) is 0.930. The van der Waals surface area contributed by atoms with Crippen LogP contribution in [-0.2, 0) is 24.0 Å². The number of carboxylic acids is 1. The van der Waals surface area contributed by atoms with Crippen molar-refractivity contribution in [3.05, 3.63) is 0 Å². The Morgan fingerprint density at radius 1 is 1.10 bits per heavy atom. The minimum atomic E-state index is -1.65. The molecule has 0 aromatic carbocycles. The van der Waals surface area contributed by atoms with E-state index in [1.165, 1.54) is 0 Å². The van der Waals surface area contributed by atoms with Gasteiger partial charge in [-0.2, -0.15) is 0 Å². The first-order valence-electron chi connectivity index (χ1n) is 9.51. The Hall–Kier alpha value is -2.77. The van der Waals surface area contributed by atoms with Crippen LogP contribution in [-0.4, -0.2) is 88.3 Å². The number of aliphatic carboxylic acids is 1. The lowest BCUT2D eigenvalue weighted by molar-refractivity contribution is -0.145. The Balaban J connectivity index is 2.81. The number of amides is 4. The van der Waals surface area contributed by atoms with Crippen molar-refractivity contribution < 1.29 is 39.3 Å². The third-order valence-electron chi connectivity index (χ3n) is 4.55. The van der Waals surface area contributed by atoms with E-state index in [2.05, 4.69) is 16.0 Å². The lowest BCUT2D eigenvalue weighted by Gasteiger charge is -2.24. The quantitative estimate of drug-likeness (QED) is 0.150. The molecule has 30 heavy (non-hydrogen) atoms. The topological polar surface area (TPSA) is 220 Å². The summed E-state index contributed by atoms with van der Waals surface area (Å²) in [5.41, 5.74) is 5.10. The minimum absolute atomic E-state index is 0.134. The van der Waals surface area contributed by atoms with Crippen LogP contribution in [0.4, 0.5) is 0 Å². The maximum Gasteiger partial charge on any atom is 0.328 e. The molecule has 0 bridgehead atoms. The van der Waals surface area contributed by atoms with Gasteiger partial charge in [0.15, 0.2) is 6.04 Å². The molecule has 0 aliphatic carbocycles. The van der Waals surface area contributed by atoms with Crippen LogP contribution >= 0.6 is 0 Å². The molecule has 9 N–H and O–H groups in total. The van der Waals surface area contributed by atoms with E-state index >= 15 is 0 Å². The normalized spacial score (nSPS) is 19.8. The molecule has 1 rings (SSSR count). The zero-order valence-electron chi connectivity index (χ0n) is 16.6. The molecule has 1 heterocycles. The smallest absolute Gasteiger partial charge is 0.328 e. The second-order valence-electron chi connectivity index (χ2n) is 7.02. The molecular formula is C17H29N5O8. The van der Waals surface area contributed by atoms with Gasteiger partial charge in [0.2, 0.25) is 23.6 Å². The molecule has 1 aliphatic heterocycles. The number of hydrogen-bond acceptors (Lipinski definition) is 8. The number of hydrogen-bond donors (Lipinski definition) is 8. The monoisotopic (exact) mass is 431 g/mol. The number of carboxylic acid groups (broad SMARTS) is 1. The van der Waals surface area contributed by atoms with Crippen molar-refractivity contribution >= 4 is 29.6 Å². The van der Waals surface area contributed by atoms with Gasteiger partial charge in [-0.3, -0.25) is 19.2 Å². The maximum absolute atomic E-state index is 12.6. The van der Waals surface area contributed by atoms with Crippen molar-refractivity contribution in [1.29, 1.82) is 0 Å². The van der Waals surface area contributed by atoms with Gasteiger partial charge >= 0.3 is 5.97 Å². The van der Waals surface area contributed by atoms with E-state index in [0.717, 1.165) is 13.3 Å². The van der Waals surface area contributed by atoms with Gasteiger partial charge < -0.3 is 42.3 Å². The van der Waals surface area contributed by atoms with E-state index in [-0.39, 0.29) is 12.8 Å². The SMILES string of the molecule is CC(O)C(NC(=O)C(CO)NC(=O)C(CCC(N)=O)NC(=O)C1CCCN1)C(=O)O. The predicted molar refractivity (Wildman–Crippen MR) is 102 cm³/mol. The highest BCUT2D eigenvalue weighted by Gasteiger charge is 2.32. The second-order valence-corrected chi connectivity index (χ2v) is 7.02. The number of carbonyl (C=O) groups excluding carboxylic acids is 4. The largest absolute Gasteiger partial charge is 0.480 e. The molecule has 13 nitrogen and oxygen atoms in total. The van der Waals surface area contributed by atoms with Gasteiger partial charge in [0.1, 0.15) is 12.1 Å². The summed E-state index contributed by atoms with van der Waals surface area (Å²) in [6, 6.07) is -4.90. The summed E-state index contributed by atoms with van der Waals surface area (Å²) in [4.78, 5) is 59.3.